The number of benzene rings is 1. The highest BCUT2D eigenvalue weighted by molar-refractivity contribution is 8.03. The molecule has 0 aromatic heterocycles. The smallest absolute Gasteiger partial charge is 0.138 e. The minimum Gasteiger partial charge on any atom is -0.192 e. The Labute approximate surface area is 79.4 Å². The maximum Gasteiger partial charge on any atom is 0.138 e. The van der Waals surface area contributed by atoms with Crippen LogP contribution in [0.15, 0.2) is 23.1 Å². The number of nitrogens with zero attached hydrogens (tertiary/aromatic N) is 2. The molecule has 1 aromatic carbocycles. The van der Waals surface area contributed by atoms with Gasteiger partial charge in [0.25, 0.3) is 0 Å². The highest BCUT2D eigenvalue weighted by Crippen LogP contribution is 2.23. The lowest BCUT2D eigenvalue weighted by atomic mass is 10.2. The van der Waals surface area contributed by atoms with Gasteiger partial charge in [0.15, 0.2) is 0 Å². The van der Waals surface area contributed by atoms with Gasteiger partial charge in [-0.15, -0.1) is 0 Å². The van der Waals surface area contributed by atoms with Gasteiger partial charge in [0.05, 0.1) is 5.56 Å². The van der Waals surface area contributed by atoms with Crippen LogP contribution in [0, 0.1) is 22.0 Å². The van der Waals surface area contributed by atoms with E-state index in [1.54, 1.807) is 18.2 Å². The Morgan fingerprint density at radius 1 is 1.33 bits per heavy atom. The molecular weight excluding hydrogens is 192 g/mol. The van der Waals surface area contributed by atoms with E-state index < -0.39 is 0 Å². The second-order valence-corrected chi connectivity index (χ2v) is 3.21. The number of hydrogen-bond donors (Lipinski definition) is 0. The summed E-state index contributed by atoms with van der Waals surface area (Å²) in [5.74, 6) is 0. The fraction of sp³-hybridized carbons (Fsp3) is 0. The molecule has 0 saturated heterocycles. The van der Waals surface area contributed by atoms with Crippen LogP contribution in [-0.4, -0.2) is 0 Å². The van der Waals surface area contributed by atoms with Gasteiger partial charge in [-0.1, -0.05) is 11.6 Å². The molecule has 4 heteroatoms. The molecule has 0 aliphatic rings. The zero-order valence-corrected chi connectivity index (χ0v) is 7.49. The molecule has 0 atom stereocenters. The normalized spacial score (nSPS) is 8.58. The van der Waals surface area contributed by atoms with Gasteiger partial charge >= 0.3 is 0 Å². The van der Waals surface area contributed by atoms with Gasteiger partial charge in [-0.05, 0) is 30.0 Å². The molecule has 0 amide bonds. The van der Waals surface area contributed by atoms with Crippen molar-refractivity contribution in [1.82, 2.24) is 0 Å². The van der Waals surface area contributed by atoms with Gasteiger partial charge in [0, 0.05) is 9.92 Å². The SMILES string of the molecule is N#CSc1ccc(Cl)cc1C#N. The summed E-state index contributed by atoms with van der Waals surface area (Å²) in [5.41, 5.74) is 0.439. The van der Waals surface area contributed by atoms with E-state index in [-0.39, 0.29) is 0 Å². The number of nitriles is 2. The Bertz CT molecular complexity index is 376. The predicted octanol–water partition coefficient (Wildman–Crippen LogP) is 2.78. The lowest BCUT2D eigenvalue weighted by Gasteiger charge is -1.96. The third-order valence-corrected chi connectivity index (χ3v) is 2.12. The zero-order valence-electron chi connectivity index (χ0n) is 5.91. The van der Waals surface area contributed by atoms with E-state index in [0.29, 0.717) is 15.5 Å². The minimum atomic E-state index is 0.439. The Hall–Kier alpha value is -1.16. The molecule has 0 fully saturated rings. The zero-order chi connectivity index (χ0) is 8.97. The van der Waals surface area contributed by atoms with E-state index >= 15 is 0 Å². The summed E-state index contributed by atoms with van der Waals surface area (Å²) in [6.07, 6.45) is 0. The second kappa shape index (κ2) is 4.01. The van der Waals surface area contributed by atoms with Crippen LogP contribution >= 0.6 is 23.4 Å². The van der Waals surface area contributed by atoms with Crippen LogP contribution in [0.4, 0.5) is 0 Å². The van der Waals surface area contributed by atoms with E-state index in [4.69, 9.17) is 22.1 Å². The molecule has 0 heterocycles. The van der Waals surface area contributed by atoms with Crippen molar-refractivity contribution in [2.45, 2.75) is 4.90 Å². The van der Waals surface area contributed by atoms with E-state index in [1.165, 1.54) is 0 Å². The quantitative estimate of drug-likeness (QED) is 0.510. The first-order valence-electron chi connectivity index (χ1n) is 3.03. The number of rotatable bonds is 1. The van der Waals surface area contributed by atoms with Crippen LogP contribution in [0.25, 0.3) is 0 Å². The molecule has 0 aliphatic carbocycles. The van der Waals surface area contributed by atoms with Crippen LogP contribution < -0.4 is 0 Å². The van der Waals surface area contributed by atoms with Gasteiger partial charge in [0.1, 0.15) is 11.5 Å². The van der Waals surface area contributed by atoms with Gasteiger partial charge in [-0.2, -0.15) is 10.5 Å². The van der Waals surface area contributed by atoms with Crippen molar-refractivity contribution in [2.75, 3.05) is 0 Å². The van der Waals surface area contributed by atoms with E-state index in [9.17, 15) is 0 Å². The van der Waals surface area contributed by atoms with Crippen molar-refractivity contribution in [3.63, 3.8) is 0 Å². The second-order valence-electron chi connectivity index (χ2n) is 1.95. The third kappa shape index (κ3) is 1.92. The van der Waals surface area contributed by atoms with Gasteiger partial charge in [-0.3, -0.25) is 0 Å². The molecule has 0 N–H and O–H groups in total. The van der Waals surface area contributed by atoms with Crippen molar-refractivity contribution in [2.24, 2.45) is 0 Å². The van der Waals surface area contributed by atoms with E-state index in [0.717, 1.165) is 11.8 Å². The standard InChI is InChI=1S/C8H3ClN2S/c9-7-1-2-8(12-5-11)6(3-7)4-10/h1-3H. The highest BCUT2D eigenvalue weighted by atomic mass is 35.5. The van der Waals surface area contributed by atoms with Crippen molar-refractivity contribution >= 4 is 23.4 Å². The summed E-state index contributed by atoms with van der Waals surface area (Å²) in [7, 11) is 0. The van der Waals surface area contributed by atoms with Crippen molar-refractivity contribution in [1.29, 1.82) is 10.5 Å². The molecule has 1 aromatic rings. The molecule has 0 unspecified atom stereocenters. The average molecular weight is 195 g/mol. The summed E-state index contributed by atoms with van der Waals surface area (Å²) in [4.78, 5) is 0.643. The largest absolute Gasteiger partial charge is 0.192 e. The molecule has 2 nitrogen and oxygen atoms in total. The van der Waals surface area contributed by atoms with Crippen molar-refractivity contribution < 1.29 is 0 Å². The summed E-state index contributed by atoms with van der Waals surface area (Å²) in [6, 6.07) is 6.82. The van der Waals surface area contributed by atoms with Crippen molar-refractivity contribution in [3.05, 3.63) is 28.8 Å². The molecule has 1 rings (SSSR count). The molecule has 0 bridgehead atoms. The molecule has 0 radical (unpaired) electrons. The van der Waals surface area contributed by atoms with Crippen LogP contribution in [-0.2, 0) is 0 Å². The maximum absolute atomic E-state index is 8.64. The maximum atomic E-state index is 8.64. The first kappa shape index (κ1) is 8.93. The Morgan fingerprint density at radius 2 is 2.08 bits per heavy atom. The summed E-state index contributed by atoms with van der Waals surface area (Å²) >= 11 is 6.61. The monoisotopic (exact) mass is 194 g/mol. The van der Waals surface area contributed by atoms with Crippen LogP contribution in [0.5, 0.6) is 0 Å². The molecule has 12 heavy (non-hydrogen) atoms. The van der Waals surface area contributed by atoms with Crippen LogP contribution in [0.2, 0.25) is 5.02 Å². The average Bonchev–Trinajstić information content (AvgIpc) is 2.08. The number of thioether (sulfide) groups is 1. The first-order valence-corrected chi connectivity index (χ1v) is 4.23. The Morgan fingerprint density at radius 3 is 2.67 bits per heavy atom. The number of halogens is 1. The molecular formula is C8H3ClN2S. The lowest BCUT2D eigenvalue weighted by molar-refractivity contribution is 1.37. The Balaban J connectivity index is 3.15. The Kier molecular flexibility index (Phi) is 2.99. The highest BCUT2D eigenvalue weighted by Gasteiger charge is 2.02. The predicted molar refractivity (Wildman–Crippen MR) is 47.6 cm³/mol. The van der Waals surface area contributed by atoms with E-state index in [2.05, 4.69) is 0 Å². The summed E-state index contributed by atoms with van der Waals surface area (Å²) in [6.45, 7) is 0. The minimum absolute atomic E-state index is 0.439. The fourth-order valence-electron chi connectivity index (χ4n) is 0.728. The lowest BCUT2D eigenvalue weighted by Crippen LogP contribution is -1.78. The van der Waals surface area contributed by atoms with Gasteiger partial charge in [-0.25, -0.2) is 0 Å². The van der Waals surface area contributed by atoms with Gasteiger partial charge in [0.2, 0.25) is 0 Å². The summed E-state index contributed by atoms with van der Waals surface area (Å²) < 4.78 is 0. The first-order chi connectivity index (χ1) is 5.77. The van der Waals surface area contributed by atoms with Crippen molar-refractivity contribution in [3.8, 4) is 11.5 Å². The molecule has 0 saturated carbocycles. The van der Waals surface area contributed by atoms with Gasteiger partial charge < -0.3 is 0 Å². The number of thiocyanates is 1. The fourth-order valence-corrected chi connectivity index (χ4v) is 1.35. The summed E-state index contributed by atoms with van der Waals surface area (Å²) in [5, 5.41) is 19.4. The molecule has 0 spiro atoms. The van der Waals surface area contributed by atoms with E-state index in [1.807, 2.05) is 11.5 Å². The molecule has 0 aliphatic heterocycles. The molecule has 58 valence electrons. The van der Waals surface area contributed by atoms with Crippen LogP contribution in [0.3, 0.4) is 0 Å². The third-order valence-electron chi connectivity index (χ3n) is 1.22. The topological polar surface area (TPSA) is 47.6 Å². The van der Waals surface area contributed by atoms with Crippen LogP contribution in [0.1, 0.15) is 5.56 Å². The number of hydrogen-bond acceptors (Lipinski definition) is 3.